The van der Waals surface area contributed by atoms with Gasteiger partial charge in [0.15, 0.2) is 5.96 Å². The molecule has 1 aromatic carbocycles. The summed E-state index contributed by atoms with van der Waals surface area (Å²) >= 11 is 11.8. The molecule has 1 aliphatic heterocycles. The van der Waals surface area contributed by atoms with Gasteiger partial charge >= 0.3 is 0 Å². The summed E-state index contributed by atoms with van der Waals surface area (Å²) in [5, 5.41) is 10.1. The molecule has 0 aromatic heterocycles. The van der Waals surface area contributed by atoms with Crippen LogP contribution in [-0.2, 0) is 4.74 Å². The molecule has 1 fully saturated rings. The molecule has 28 heavy (non-hydrogen) atoms. The molecule has 3 N–H and O–H groups in total. The van der Waals surface area contributed by atoms with Crippen LogP contribution in [0.3, 0.4) is 0 Å². The molecule has 0 unspecified atom stereocenters. The highest BCUT2D eigenvalue weighted by atomic mass is 127. The van der Waals surface area contributed by atoms with Crippen LogP contribution >= 0.6 is 47.2 Å². The Morgan fingerprint density at radius 2 is 1.86 bits per heavy atom. The Kier molecular flexibility index (Phi) is 12.8. The molecule has 1 heterocycles. The largest absolute Gasteiger partial charge is 0.379 e. The van der Waals surface area contributed by atoms with E-state index in [2.05, 4.69) is 25.8 Å². The number of carbonyl (C=O) groups is 1. The second-order valence-electron chi connectivity index (χ2n) is 6.03. The highest BCUT2D eigenvalue weighted by molar-refractivity contribution is 14.0. The molecule has 2 rings (SSSR count). The third-order valence-corrected chi connectivity index (χ3v) is 4.76. The van der Waals surface area contributed by atoms with Gasteiger partial charge in [0.25, 0.3) is 5.91 Å². The van der Waals surface area contributed by atoms with E-state index in [1.165, 1.54) is 0 Å². The van der Waals surface area contributed by atoms with Crippen LogP contribution in [0, 0.1) is 0 Å². The zero-order chi connectivity index (χ0) is 19.5. The van der Waals surface area contributed by atoms with Gasteiger partial charge in [0.2, 0.25) is 0 Å². The second-order valence-corrected chi connectivity index (χ2v) is 6.84. The number of carbonyl (C=O) groups excluding carboxylic acids is 1. The Balaban J connectivity index is 0.00000392. The third kappa shape index (κ3) is 9.13. The molecular weight excluding hydrogens is 516 g/mol. The van der Waals surface area contributed by atoms with E-state index < -0.39 is 0 Å². The Bertz CT molecular complexity index is 642. The predicted octanol–water partition coefficient (Wildman–Crippen LogP) is 2.23. The van der Waals surface area contributed by atoms with Crippen molar-refractivity contribution in [3.05, 3.63) is 33.8 Å². The summed E-state index contributed by atoms with van der Waals surface area (Å²) in [6.07, 6.45) is 0. The van der Waals surface area contributed by atoms with E-state index in [0.717, 1.165) is 45.4 Å². The number of halogens is 3. The number of aliphatic imine (C=N–C) groups is 1. The highest BCUT2D eigenvalue weighted by Crippen LogP contribution is 2.22. The van der Waals surface area contributed by atoms with Crippen LogP contribution in [0.4, 0.5) is 0 Å². The van der Waals surface area contributed by atoms with Crippen molar-refractivity contribution in [2.24, 2.45) is 4.99 Å². The van der Waals surface area contributed by atoms with Gasteiger partial charge in [0.05, 0.1) is 29.8 Å². The molecule has 10 heteroatoms. The average Bonchev–Trinajstić information content (AvgIpc) is 2.68. The maximum Gasteiger partial charge on any atom is 0.251 e. The number of morpholine rings is 1. The Labute approximate surface area is 193 Å². The lowest BCUT2D eigenvalue weighted by molar-refractivity contribution is 0.0394. The van der Waals surface area contributed by atoms with E-state index in [0.29, 0.717) is 35.2 Å². The van der Waals surface area contributed by atoms with Crippen LogP contribution in [0.5, 0.6) is 0 Å². The van der Waals surface area contributed by atoms with E-state index in [1.54, 1.807) is 18.2 Å². The Morgan fingerprint density at radius 1 is 1.14 bits per heavy atom. The van der Waals surface area contributed by atoms with Crippen LogP contribution in [0.2, 0.25) is 10.0 Å². The molecule has 0 saturated carbocycles. The maximum atomic E-state index is 12.1. The summed E-state index contributed by atoms with van der Waals surface area (Å²) in [4.78, 5) is 19.0. The van der Waals surface area contributed by atoms with E-state index in [1.807, 2.05) is 6.92 Å². The number of guanidine groups is 1. The monoisotopic (exact) mass is 543 g/mol. The number of ether oxygens (including phenoxy) is 1. The van der Waals surface area contributed by atoms with Gasteiger partial charge in [-0.05, 0) is 25.1 Å². The lowest BCUT2D eigenvalue weighted by Crippen LogP contribution is -2.42. The number of hydrogen-bond donors (Lipinski definition) is 3. The molecule has 0 bridgehead atoms. The lowest BCUT2D eigenvalue weighted by atomic mass is 10.2. The minimum atomic E-state index is -0.190. The van der Waals surface area contributed by atoms with Crippen LogP contribution in [0.25, 0.3) is 0 Å². The van der Waals surface area contributed by atoms with Gasteiger partial charge in [0.1, 0.15) is 0 Å². The summed E-state index contributed by atoms with van der Waals surface area (Å²) in [5.74, 6) is 0.555. The first kappa shape index (κ1) is 25.2. The summed E-state index contributed by atoms with van der Waals surface area (Å²) < 4.78 is 5.34. The average molecular weight is 544 g/mol. The summed E-state index contributed by atoms with van der Waals surface area (Å²) in [6, 6.07) is 4.82. The molecule has 1 amide bonds. The van der Waals surface area contributed by atoms with Gasteiger partial charge in [-0.25, -0.2) is 0 Å². The van der Waals surface area contributed by atoms with Crippen molar-refractivity contribution >= 4 is 59.0 Å². The molecule has 0 atom stereocenters. The molecule has 1 saturated heterocycles. The van der Waals surface area contributed by atoms with Gasteiger partial charge in [-0.15, -0.1) is 24.0 Å². The van der Waals surface area contributed by atoms with Gasteiger partial charge < -0.3 is 20.7 Å². The number of rotatable bonds is 8. The number of benzene rings is 1. The van der Waals surface area contributed by atoms with Crippen molar-refractivity contribution in [1.82, 2.24) is 20.9 Å². The minimum Gasteiger partial charge on any atom is -0.379 e. The van der Waals surface area contributed by atoms with Crippen molar-refractivity contribution < 1.29 is 9.53 Å². The zero-order valence-electron chi connectivity index (χ0n) is 16.0. The van der Waals surface area contributed by atoms with Crippen molar-refractivity contribution in [3.63, 3.8) is 0 Å². The summed E-state index contributed by atoms with van der Waals surface area (Å²) in [6.45, 7) is 8.95. The van der Waals surface area contributed by atoms with Crippen molar-refractivity contribution in [2.45, 2.75) is 6.92 Å². The van der Waals surface area contributed by atoms with Crippen molar-refractivity contribution in [2.75, 3.05) is 59.0 Å². The Hall–Kier alpha value is -0.810. The maximum absolute atomic E-state index is 12.1. The molecule has 158 valence electrons. The van der Waals surface area contributed by atoms with Crippen LogP contribution < -0.4 is 16.0 Å². The molecule has 7 nitrogen and oxygen atoms in total. The fourth-order valence-corrected chi connectivity index (χ4v) is 2.86. The van der Waals surface area contributed by atoms with E-state index in [-0.39, 0.29) is 29.9 Å². The van der Waals surface area contributed by atoms with Crippen molar-refractivity contribution in [3.8, 4) is 0 Å². The molecule has 1 aromatic rings. The third-order valence-electron chi connectivity index (χ3n) is 4.02. The first-order valence-electron chi connectivity index (χ1n) is 9.15. The highest BCUT2D eigenvalue weighted by Gasteiger charge is 2.10. The summed E-state index contributed by atoms with van der Waals surface area (Å²) in [5.41, 5.74) is 0.482. The minimum absolute atomic E-state index is 0. The quantitative estimate of drug-likeness (QED) is 0.203. The number of hydrogen-bond acceptors (Lipinski definition) is 4. The molecule has 0 aliphatic carbocycles. The van der Waals surface area contributed by atoms with Crippen molar-refractivity contribution in [1.29, 1.82) is 0 Å². The number of nitrogens with one attached hydrogen (secondary N) is 3. The van der Waals surface area contributed by atoms with Gasteiger partial charge in [-0.2, -0.15) is 0 Å². The van der Waals surface area contributed by atoms with Crippen LogP contribution in [-0.4, -0.2) is 75.8 Å². The molecule has 0 radical (unpaired) electrons. The van der Waals surface area contributed by atoms with Gasteiger partial charge in [-0.3, -0.25) is 14.7 Å². The van der Waals surface area contributed by atoms with E-state index >= 15 is 0 Å². The molecule has 1 aliphatic rings. The molecular formula is C18H28Cl2IN5O2. The number of amides is 1. The van der Waals surface area contributed by atoms with Gasteiger partial charge in [0, 0.05) is 44.8 Å². The SMILES string of the molecule is CCNC(=NCCN1CCOCC1)NCCNC(=O)c1ccc(Cl)c(Cl)c1.I. The predicted molar refractivity (Wildman–Crippen MR) is 125 cm³/mol. The van der Waals surface area contributed by atoms with Crippen LogP contribution in [0.1, 0.15) is 17.3 Å². The standard InChI is InChI=1S/C18H27Cl2N5O2.HI/c1-2-21-18(24-7-8-25-9-11-27-12-10-25)23-6-5-22-17(26)14-3-4-15(19)16(20)13-14;/h3-4,13H,2,5-12H2,1H3,(H,22,26)(H2,21,23,24);1H. The van der Waals surface area contributed by atoms with E-state index in [4.69, 9.17) is 27.9 Å². The Morgan fingerprint density at radius 3 is 2.54 bits per heavy atom. The van der Waals surface area contributed by atoms with Gasteiger partial charge in [-0.1, -0.05) is 23.2 Å². The first-order chi connectivity index (χ1) is 13.1. The zero-order valence-corrected chi connectivity index (χ0v) is 19.8. The smallest absolute Gasteiger partial charge is 0.251 e. The normalized spacial score (nSPS) is 14.9. The summed E-state index contributed by atoms with van der Waals surface area (Å²) in [7, 11) is 0. The topological polar surface area (TPSA) is 78.0 Å². The first-order valence-corrected chi connectivity index (χ1v) is 9.91. The molecule has 0 spiro atoms. The fourth-order valence-electron chi connectivity index (χ4n) is 2.57. The van der Waals surface area contributed by atoms with Crippen LogP contribution in [0.15, 0.2) is 23.2 Å². The van der Waals surface area contributed by atoms with E-state index in [9.17, 15) is 4.79 Å². The second kappa shape index (κ2) is 14.2. The number of nitrogens with zero attached hydrogens (tertiary/aromatic N) is 2. The lowest BCUT2D eigenvalue weighted by Gasteiger charge is -2.25. The fraction of sp³-hybridized carbons (Fsp3) is 0.556.